The van der Waals surface area contributed by atoms with E-state index in [0.29, 0.717) is 0 Å². The molecule has 0 saturated heterocycles. The number of carbonyl (C=O) groups excluding carboxylic acids is 1. The summed E-state index contributed by atoms with van der Waals surface area (Å²) in [4.78, 5) is 10.7. The van der Waals surface area contributed by atoms with Crippen LogP contribution in [0.25, 0.3) is 0 Å². The second-order valence-corrected chi connectivity index (χ2v) is 3.60. The van der Waals surface area contributed by atoms with Crippen LogP contribution in [0, 0.1) is 0 Å². The van der Waals surface area contributed by atoms with Crippen LogP contribution in [0.1, 0.15) is 27.2 Å². The van der Waals surface area contributed by atoms with Crippen molar-refractivity contribution in [3.63, 3.8) is 0 Å². The van der Waals surface area contributed by atoms with Gasteiger partial charge in [0.1, 0.15) is 0 Å². The summed E-state index contributed by atoms with van der Waals surface area (Å²) in [6.45, 7) is 5.60. The summed E-state index contributed by atoms with van der Waals surface area (Å²) in [5.74, 6) is -0.347. The van der Waals surface area contributed by atoms with Crippen LogP contribution in [-0.4, -0.2) is 30.2 Å². The number of rotatable bonds is 3. The SMILES string of the molecule is COC(=O)CCN([O])C(C)(C)C. The Morgan fingerprint density at radius 1 is 1.42 bits per heavy atom. The summed E-state index contributed by atoms with van der Waals surface area (Å²) in [7, 11) is 1.31. The predicted octanol–water partition coefficient (Wildman–Crippen LogP) is 0.995. The molecule has 4 nitrogen and oxygen atoms in total. The summed E-state index contributed by atoms with van der Waals surface area (Å²) in [6.07, 6.45) is 0.150. The number of hydroxylamine groups is 2. The van der Waals surface area contributed by atoms with E-state index < -0.39 is 5.54 Å². The van der Waals surface area contributed by atoms with Gasteiger partial charge in [-0.15, -0.1) is 10.3 Å². The molecule has 0 amide bonds. The van der Waals surface area contributed by atoms with Crippen molar-refractivity contribution in [1.29, 1.82) is 0 Å². The third kappa shape index (κ3) is 4.31. The third-order valence-corrected chi connectivity index (χ3v) is 1.49. The maximum Gasteiger partial charge on any atom is 0.306 e. The van der Waals surface area contributed by atoms with Crippen molar-refractivity contribution >= 4 is 5.97 Å². The molecule has 1 radical (unpaired) electrons. The van der Waals surface area contributed by atoms with Crippen molar-refractivity contribution in [1.82, 2.24) is 5.06 Å². The maximum absolute atomic E-state index is 11.2. The zero-order valence-electron chi connectivity index (χ0n) is 8.09. The van der Waals surface area contributed by atoms with Gasteiger partial charge in [-0.05, 0) is 20.8 Å². The fourth-order valence-electron chi connectivity index (χ4n) is 0.630. The maximum atomic E-state index is 11.2. The molecule has 0 aliphatic rings. The Bertz CT molecular complexity index is 151. The molecule has 0 rings (SSSR count). The Kier molecular flexibility index (Phi) is 4.20. The second kappa shape index (κ2) is 4.42. The molecule has 0 N–H and O–H groups in total. The smallest absolute Gasteiger partial charge is 0.306 e. The molecule has 0 aromatic heterocycles. The van der Waals surface area contributed by atoms with Gasteiger partial charge in [0.15, 0.2) is 0 Å². The fraction of sp³-hybridized carbons (Fsp3) is 0.875. The monoisotopic (exact) mass is 174 g/mol. The van der Waals surface area contributed by atoms with Crippen LogP contribution in [0.15, 0.2) is 0 Å². The molecule has 0 unspecified atom stereocenters. The number of esters is 1. The minimum atomic E-state index is -0.436. The molecule has 0 aliphatic carbocycles. The Labute approximate surface area is 73.1 Å². The lowest BCUT2D eigenvalue weighted by molar-refractivity contribution is -0.213. The normalized spacial score (nSPS) is 11.8. The number of carbonyl (C=O) groups is 1. The number of nitrogens with zero attached hydrogens (tertiary/aromatic N) is 1. The lowest BCUT2D eigenvalue weighted by Gasteiger charge is -2.26. The van der Waals surface area contributed by atoms with Gasteiger partial charge in [-0.3, -0.25) is 4.79 Å². The number of hydrogen-bond acceptors (Lipinski definition) is 3. The molecule has 12 heavy (non-hydrogen) atoms. The van der Waals surface area contributed by atoms with Crippen LogP contribution in [0.2, 0.25) is 0 Å². The highest BCUT2D eigenvalue weighted by atomic mass is 16.5. The van der Waals surface area contributed by atoms with E-state index >= 15 is 0 Å². The molecule has 0 heterocycles. The lowest BCUT2D eigenvalue weighted by Crippen LogP contribution is -2.38. The Morgan fingerprint density at radius 3 is 2.25 bits per heavy atom. The van der Waals surface area contributed by atoms with E-state index in [0.717, 1.165) is 5.06 Å². The summed E-state index contributed by atoms with van der Waals surface area (Å²) in [5, 5.41) is 12.1. The van der Waals surface area contributed by atoms with Crippen LogP contribution in [0.5, 0.6) is 0 Å². The largest absolute Gasteiger partial charge is 0.469 e. The average molecular weight is 174 g/mol. The van der Waals surface area contributed by atoms with Gasteiger partial charge < -0.3 is 4.74 Å². The topological polar surface area (TPSA) is 49.4 Å². The first-order valence-corrected chi connectivity index (χ1v) is 3.89. The lowest BCUT2D eigenvalue weighted by atomic mass is 10.1. The van der Waals surface area contributed by atoms with Crippen molar-refractivity contribution in [3.05, 3.63) is 0 Å². The quantitative estimate of drug-likeness (QED) is 0.473. The molecular weight excluding hydrogens is 158 g/mol. The summed E-state index contributed by atoms with van der Waals surface area (Å²) in [6, 6.07) is 0. The van der Waals surface area contributed by atoms with Crippen molar-refractivity contribution in [3.8, 4) is 0 Å². The van der Waals surface area contributed by atoms with Crippen molar-refractivity contribution in [2.24, 2.45) is 0 Å². The van der Waals surface area contributed by atoms with E-state index in [4.69, 9.17) is 0 Å². The van der Waals surface area contributed by atoms with Crippen LogP contribution < -0.4 is 0 Å². The van der Waals surface area contributed by atoms with Gasteiger partial charge in [0.2, 0.25) is 0 Å². The third-order valence-electron chi connectivity index (χ3n) is 1.49. The highest BCUT2D eigenvalue weighted by Crippen LogP contribution is 2.10. The van der Waals surface area contributed by atoms with E-state index in [2.05, 4.69) is 4.74 Å². The fourth-order valence-corrected chi connectivity index (χ4v) is 0.630. The minimum absolute atomic E-state index is 0.150. The van der Waals surface area contributed by atoms with Crippen LogP contribution in [0.3, 0.4) is 0 Å². The first kappa shape index (κ1) is 11.4. The van der Waals surface area contributed by atoms with E-state index in [1.54, 1.807) is 20.8 Å². The summed E-state index contributed by atoms with van der Waals surface area (Å²) in [5.41, 5.74) is -0.436. The molecule has 0 aromatic rings. The molecule has 0 saturated carbocycles. The van der Waals surface area contributed by atoms with E-state index in [1.165, 1.54) is 7.11 Å². The van der Waals surface area contributed by atoms with Gasteiger partial charge in [-0.2, -0.15) is 0 Å². The van der Waals surface area contributed by atoms with Crippen molar-refractivity contribution in [2.75, 3.05) is 13.7 Å². The van der Waals surface area contributed by atoms with Crippen molar-refractivity contribution < 1.29 is 14.7 Å². The molecule has 0 aliphatic heterocycles. The molecule has 0 aromatic carbocycles. The molecule has 0 spiro atoms. The van der Waals surface area contributed by atoms with Gasteiger partial charge in [-0.25, -0.2) is 0 Å². The second-order valence-electron chi connectivity index (χ2n) is 3.60. The van der Waals surface area contributed by atoms with Gasteiger partial charge >= 0.3 is 5.97 Å². The van der Waals surface area contributed by atoms with E-state index in [-0.39, 0.29) is 18.9 Å². The summed E-state index contributed by atoms with van der Waals surface area (Å²) >= 11 is 0. The molecule has 0 bridgehead atoms. The molecule has 0 fully saturated rings. The van der Waals surface area contributed by atoms with E-state index in [1.807, 2.05) is 0 Å². The average Bonchev–Trinajstić information content (AvgIpc) is 1.97. The highest BCUT2D eigenvalue weighted by Gasteiger charge is 2.21. The van der Waals surface area contributed by atoms with Crippen molar-refractivity contribution in [2.45, 2.75) is 32.7 Å². The molecule has 71 valence electrons. The van der Waals surface area contributed by atoms with E-state index in [9.17, 15) is 10.0 Å². The van der Waals surface area contributed by atoms with Crippen LogP contribution >= 0.6 is 0 Å². The first-order valence-electron chi connectivity index (χ1n) is 3.89. The predicted molar refractivity (Wildman–Crippen MR) is 43.8 cm³/mol. The number of methoxy groups -OCH3 is 1. The van der Waals surface area contributed by atoms with Gasteiger partial charge in [0, 0.05) is 12.1 Å². The first-order chi connectivity index (χ1) is 5.38. The number of hydrogen-bond donors (Lipinski definition) is 0. The molecular formula is C8H16NO3. The standard InChI is InChI=1S/C8H16NO3/c1-8(2,3)9(11)6-5-7(10)12-4/h5-6H2,1-4H3. The van der Waals surface area contributed by atoms with Gasteiger partial charge in [-0.1, -0.05) is 0 Å². The highest BCUT2D eigenvalue weighted by molar-refractivity contribution is 5.69. The van der Waals surface area contributed by atoms with Crippen LogP contribution in [0.4, 0.5) is 0 Å². The zero-order chi connectivity index (χ0) is 9.78. The van der Waals surface area contributed by atoms with Gasteiger partial charge in [0.05, 0.1) is 13.5 Å². The molecule has 4 heteroatoms. The molecule has 0 atom stereocenters. The Hall–Kier alpha value is -0.610. The Morgan fingerprint density at radius 2 is 1.92 bits per heavy atom. The van der Waals surface area contributed by atoms with Crippen LogP contribution in [-0.2, 0) is 14.7 Å². The van der Waals surface area contributed by atoms with Gasteiger partial charge in [0.25, 0.3) is 0 Å². The zero-order valence-corrected chi connectivity index (χ0v) is 8.09. The Balaban J connectivity index is 3.72. The minimum Gasteiger partial charge on any atom is -0.469 e. The summed E-state index contributed by atoms with van der Waals surface area (Å²) < 4.78 is 4.41. The number of ether oxygens (including phenoxy) is 1.